The SMILES string of the molecule is COS(=O)(=Nc1cc(N)ccc1N=Nc1nnc(C)s1)C(F)(F)F. The Labute approximate surface area is 139 Å². The van der Waals surface area contributed by atoms with Crippen molar-refractivity contribution in [1.29, 1.82) is 0 Å². The molecule has 0 aliphatic carbocycles. The van der Waals surface area contributed by atoms with Crippen LogP contribution in [0, 0.1) is 6.92 Å². The fraction of sp³-hybridized carbons (Fsp3) is 0.273. The monoisotopic (exact) mass is 380 g/mol. The number of hydrogen-bond donors (Lipinski definition) is 1. The van der Waals surface area contributed by atoms with Gasteiger partial charge >= 0.3 is 5.51 Å². The van der Waals surface area contributed by atoms with Gasteiger partial charge in [0.15, 0.2) is 0 Å². The van der Waals surface area contributed by atoms with Gasteiger partial charge in [-0.25, -0.2) is 4.21 Å². The second-order valence-electron chi connectivity index (χ2n) is 4.23. The summed E-state index contributed by atoms with van der Waals surface area (Å²) < 4.78 is 57.7. The second kappa shape index (κ2) is 6.78. The summed E-state index contributed by atoms with van der Waals surface area (Å²) in [4.78, 5) is 0. The molecule has 1 atom stereocenters. The maximum absolute atomic E-state index is 12.9. The van der Waals surface area contributed by atoms with Gasteiger partial charge < -0.3 is 5.73 Å². The van der Waals surface area contributed by atoms with Gasteiger partial charge in [0, 0.05) is 5.69 Å². The predicted molar refractivity (Wildman–Crippen MR) is 83.0 cm³/mol. The number of aromatic nitrogens is 2. The van der Waals surface area contributed by atoms with Gasteiger partial charge in [0.1, 0.15) is 16.4 Å². The Morgan fingerprint density at radius 2 is 1.96 bits per heavy atom. The second-order valence-corrected chi connectivity index (χ2v) is 7.32. The van der Waals surface area contributed by atoms with Crippen LogP contribution in [0.3, 0.4) is 0 Å². The van der Waals surface area contributed by atoms with Gasteiger partial charge in [-0.15, -0.1) is 20.4 Å². The van der Waals surface area contributed by atoms with Crippen molar-refractivity contribution in [3.63, 3.8) is 0 Å². The summed E-state index contributed by atoms with van der Waals surface area (Å²) in [5.41, 5.74) is 0.0184. The lowest BCUT2D eigenvalue weighted by atomic mass is 10.2. The first-order valence-electron chi connectivity index (χ1n) is 6.15. The molecule has 1 aromatic heterocycles. The molecule has 0 saturated heterocycles. The topological polar surface area (TPSA) is 115 Å². The minimum Gasteiger partial charge on any atom is -0.399 e. The third kappa shape index (κ3) is 4.04. The molecule has 0 aliphatic rings. The summed E-state index contributed by atoms with van der Waals surface area (Å²) in [7, 11) is -4.32. The van der Waals surface area contributed by atoms with Crippen LogP contribution in [0.15, 0.2) is 32.8 Å². The number of hydrogen-bond acceptors (Lipinski definition) is 9. The summed E-state index contributed by atoms with van der Waals surface area (Å²) in [6, 6.07) is 3.77. The van der Waals surface area contributed by atoms with E-state index in [9.17, 15) is 17.4 Å². The van der Waals surface area contributed by atoms with E-state index in [4.69, 9.17) is 5.73 Å². The lowest BCUT2D eigenvalue weighted by Crippen LogP contribution is -2.23. The zero-order chi connectivity index (χ0) is 18.0. The van der Waals surface area contributed by atoms with Crippen LogP contribution >= 0.6 is 11.3 Å². The molecule has 2 aromatic rings. The molecule has 2 N–H and O–H groups in total. The first kappa shape index (κ1) is 18.2. The highest BCUT2D eigenvalue weighted by molar-refractivity contribution is 7.90. The van der Waals surface area contributed by atoms with E-state index in [0.717, 1.165) is 17.4 Å². The van der Waals surface area contributed by atoms with E-state index in [1.807, 2.05) is 0 Å². The van der Waals surface area contributed by atoms with Gasteiger partial charge in [0.2, 0.25) is 0 Å². The van der Waals surface area contributed by atoms with Crippen molar-refractivity contribution in [3.05, 3.63) is 23.2 Å². The quantitative estimate of drug-likeness (QED) is 0.635. The van der Waals surface area contributed by atoms with E-state index in [1.165, 1.54) is 12.1 Å². The molecular weight excluding hydrogens is 369 g/mol. The average Bonchev–Trinajstić information content (AvgIpc) is 2.90. The maximum atomic E-state index is 12.9. The number of alkyl halides is 3. The largest absolute Gasteiger partial charge is 0.504 e. The van der Waals surface area contributed by atoms with Crippen molar-refractivity contribution in [2.45, 2.75) is 12.4 Å². The molecule has 0 amide bonds. The molecule has 0 radical (unpaired) electrons. The van der Waals surface area contributed by atoms with E-state index in [1.54, 1.807) is 6.92 Å². The summed E-state index contributed by atoms with van der Waals surface area (Å²) in [6.45, 7) is 1.71. The van der Waals surface area contributed by atoms with E-state index < -0.39 is 15.5 Å². The van der Waals surface area contributed by atoms with Crippen LogP contribution in [-0.4, -0.2) is 27.0 Å². The highest BCUT2D eigenvalue weighted by atomic mass is 32.2. The number of halogens is 3. The number of benzene rings is 1. The summed E-state index contributed by atoms with van der Waals surface area (Å²) in [6.07, 6.45) is 0. The molecule has 0 fully saturated rings. The van der Waals surface area contributed by atoms with Crippen molar-refractivity contribution >= 4 is 43.5 Å². The third-order valence-corrected chi connectivity index (χ3v) is 4.69. The smallest absolute Gasteiger partial charge is 0.399 e. The number of nitrogens with two attached hydrogens (primary N) is 1. The van der Waals surface area contributed by atoms with Crippen LogP contribution in [0.1, 0.15) is 5.01 Å². The molecule has 130 valence electrons. The highest BCUT2D eigenvalue weighted by Gasteiger charge is 2.44. The van der Waals surface area contributed by atoms with Gasteiger partial charge in [0.05, 0.1) is 7.11 Å². The fourth-order valence-corrected chi connectivity index (χ4v) is 2.72. The van der Waals surface area contributed by atoms with Crippen molar-refractivity contribution in [2.75, 3.05) is 12.8 Å². The molecular formula is C11H11F3N6O2S2. The Balaban J connectivity index is 2.53. The zero-order valence-corrected chi connectivity index (χ0v) is 13.9. The van der Waals surface area contributed by atoms with Gasteiger partial charge in [-0.3, -0.25) is 4.18 Å². The Bertz CT molecular complexity index is 886. The number of anilines is 1. The number of azo groups is 1. The maximum Gasteiger partial charge on any atom is 0.504 e. The molecule has 13 heteroatoms. The van der Waals surface area contributed by atoms with Gasteiger partial charge in [-0.05, 0) is 25.1 Å². The van der Waals surface area contributed by atoms with Crippen LogP contribution in [-0.2, 0) is 14.2 Å². The van der Waals surface area contributed by atoms with E-state index in [2.05, 4.69) is 29.0 Å². The lowest BCUT2D eigenvalue weighted by Gasteiger charge is -2.11. The summed E-state index contributed by atoms with van der Waals surface area (Å²) in [5, 5.41) is 15.8. The number of aryl methyl sites for hydroxylation is 1. The molecule has 0 aliphatic heterocycles. The van der Waals surface area contributed by atoms with Gasteiger partial charge in [-0.1, -0.05) is 11.3 Å². The zero-order valence-electron chi connectivity index (χ0n) is 12.3. The van der Waals surface area contributed by atoms with Crippen LogP contribution in [0.2, 0.25) is 0 Å². The number of nitrogens with zero attached hydrogens (tertiary/aromatic N) is 5. The molecule has 1 aromatic carbocycles. The molecule has 0 bridgehead atoms. The number of rotatable bonds is 4. The Morgan fingerprint density at radius 1 is 1.25 bits per heavy atom. The Hall–Kier alpha value is -2.12. The van der Waals surface area contributed by atoms with Crippen LogP contribution in [0.5, 0.6) is 0 Å². The highest BCUT2D eigenvalue weighted by Crippen LogP contribution is 2.36. The predicted octanol–water partition coefficient (Wildman–Crippen LogP) is 4.02. The van der Waals surface area contributed by atoms with E-state index in [-0.39, 0.29) is 22.2 Å². The van der Waals surface area contributed by atoms with Crippen molar-refractivity contribution in [1.82, 2.24) is 10.2 Å². The van der Waals surface area contributed by atoms with Crippen molar-refractivity contribution in [2.24, 2.45) is 14.6 Å². The van der Waals surface area contributed by atoms with E-state index >= 15 is 0 Å². The summed E-state index contributed by atoms with van der Waals surface area (Å²) in [5.74, 6) is 0. The van der Waals surface area contributed by atoms with Crippen LogP contribution in [0.4, 0.5) is 35.4 Å². The van der Waals surface area contributed by atoms with Crippen molar-refractivity contribution < 1.29 is 21.6 Å². The van der Waals surface area contributed by atoms with Crippen LogP contribution < -0.4 is 5.73 Å². The van der Waals surface area contributed by atoms with Crippen molar-refractivity contribution in [3.8, 4) is 0 Å². The molecule has 8 nitrogen and oxygen atoms in total. The first-order valence-corrected chi connectivity index (χ1v) is 8.40. The molecule has 0 saturated carbocycles. The van der Waals surface area contributed by atoms with E-state index in [0.29, 0.717) is 12.1 Å². The first-order chi connectivity index (χ1) is 11.1. The normalized spacial score (nSPS) is 14.7. The Morgan fingerprint density at radius 3 is 2.50 bits per heavy atom. The molecule has 1 unspecified atom stereocenters. The lowest BCUT2D eigenvalue weighted by molar-refractivity contribution is -0.0482. The molecule has 1 heterocycles. The van der Waals surface area contributed by atoms with Gasteiger partial charge in [-0.2, -0.15) is 17.5 Å². The third-order valence-electron chi connectivity index (χ3n) is 2.50. The molecule has 0 spiro atoms. The summed E-state index contributed by atoms with van der Waals surface area (Å²) >= 11 is 1.14. The number of nitrogen functional groups attached to an aromatic ring is 1. The minimum absolute atomic E-state index is 0.0777. The molecule has 24 heavy (non-hydrogen) atoms. The minimum atomic E-state index is -5.18. The fourth-order valence-electron chi connectivity index (χ4n) is 1.43. The standard InChI is InChI=1S/C11H11F3N6O2S2/c1-6-16-18-10(23-6)19-17-8-4-3-7(15)5-9(8)20-24(21,22-2)11(12,13)14/h3-5H,15H2,1-2H3. The Kier molecular flexibility index (Phi) is 5.15. The van der Waals surface area contributed by atoms with Crippen LogP contribution in [0.25, 0.3) is 0 Å². The van der Waals surface area contributed by atoms with Gasteiger partial charge in [0.25, 0.3) is 15.1 Å². The molecule has 2 rings (SSSR count). The average molecular weight is 380 g/mol.